The van der Waals surface area contributed by atoms with Gasteiger partial charge in [-0.3, -0.25) is 4.68 Å². The van der Waals surface area contributed by atoms with E-state index < -0.39 is 0 Å². The summed E-state index contributed by atoms with van der Waals surface area (Å²) in [6.45, 7) is 4.14. The summed E-state index contributed by atoms with van der Waals surface area (Å²) >= 11 is 0. The van der Waals surface area contributed by atoms with Gasteiger partial charge in [-0.2, -0.15) is 5.10 Å². The summed E-state index contributed by atoms with van der Waals surface area (Å²) in [7, 11) is 0. The number of rotatable bonds is 4. The molecule has 1 heterocycles. The lowest BCUT2D eigenvalue weighted by Gasteiger charge is -2.23. The van der Waals surface area contributed by atoms with Gasteiger partial charge in [-0.1, -0.05) is 37.3 Å². The third-order valence-corrected chi connectivity index (χ3v) is 3.10. The Balaban J connectivity index is 2.25. The van der Waals surface area contributed by atoms with Crippen molar-refractivity contribution in [2.24, 2.45) is 5.73 Å². The molecule has 3 heteroatoms. The van der Waals surface area contributed by atoms with Crippen molar-refractivity contribution in [3.8, 4) is 0 Å². The summed E-state index contributed by atoms with van der Waals surface area (Å²) in [6, 6.07) is 12.4. The minimum absolute atomic E-state index is 0.0134. The zero-order valence-corrected chi connectivity index (χ0v) is 10.4. The van der Waals surface area contributed by atoms with E-state index in [1.807, 2.05) is 42.1 Å². The highest BCUT2D eigenvalue weighted by molar-refractivity contribution is 5.19. The van der Waals surface area contributed by atoms with Crippen LogP contribution in [-0.4, -0.2) is 9.78 Å². The Morgan fingerprint density at radius 3 is 2.47 bits per heavy atom. The second-order valence-corrected chi connectivity index (χ2v) is 4.35. The summed E-state index contributed by atoms with van der Waals surface area (Å²) in [5.41, 5.74) is 8.52. The van der Waals surface area contributed by atoms with Crippen molar-refractivity contribution in [1.29, 1.82) is 0 Å². The molecule has 0 amide bonds. The zero-order chi connectivity index (χ0) is 12.3. The van der Waals surface area contributed by atoms with Gasteiger partial charge in [0, 0.05) is 6.20 Å². The van der Waals surface area contributed by atoms with Gasteiger partial charge in [0.15, 0.2) is 0 Å². The maximum Gasteiger partial charge on any atom is 0.0709 e. The van der Waals surface area contributed by atoms with Crippen molar-refractivity contribution in [2.45, 2.75) is 32.4 Å². The van der Waals surface area contributed by atoms with Gasteiger partial charge in [0.2, 0.25) is 0 Å². The Kier molecular flexibility index (Phi) is 3.59. The lowest BCUT2D eigenvalue weighted by molar-refractivity contribution is 0.371. The number of hydrogen-bond acceptors (Lipinski definition) is 2. The van der Waals surface area contributed by atoms with E-state index in [2.05, 4.69) is 24.2 Å². The summed E-state index contributed by atoms with van der Waals surface area (Å²) in [5, 5.41) is 4.47. The fraction of sp³-hybridized carbons (Fsp3) is 0.357. The number of hydrogen-bond donors (Lipinski definition) is 1. The molecule has 0 aliphatic rings. The van der Waals surface area contributed by atoms with Crippen LogP contribution in [-0.2, 0) is 0 Å². The lowest BCUT2D eigenvalue weighted by Crippen LogP contribution is -2.24. The van der Waals surface area contributed by atoms with Crippen LogP contribution in [0.15, 0.2) is 42.6 Å². The van der Waals surface area contributed by atoms with Crippen LogP contribution >= 0.6 is 0 Å². The normalized spacial score (nSPS) is 14.5. The molecule has 2 aromatic rings. The molecule has 0 fully saturated rings. The average molecular weight is 229 g/mol. The highest BCUT2D eigenvalue weighted by Gasteiger charge is 2.19. The minimum atomic E-state index is -0.0134. The molecule has 3 nitrogen and oxygen atoms in total. The van der Waals surface area contributed by atoms with Gasteiger partial charge in [-0.05, 0) is 25.0 Å². The van der Waals surface area contributed by atoms with E-state index in [9.17, 15) is 0 Å². The average Bonchev–Trinajstić information content (AvgIpc) is 2.78. The molecule has 17 heavy (non-hydrogen) atoms. The largest absolute Gasteiger partial charge is 0.322 e. The third-order valence-electron chi connectivity index (χ3n) is 3.10. The summed E-state index contributed by atoms with van der Waals surface area (Å²) < 4.78 is 1.98. The van der Waals surface area contributed by atoms with Gasteiger partial charge in [-0.25, -0.2) is 0 Å². The number of benzene rings is 1. The minimum Gasteiger partial charge on any atom is -0.322 e. The highest BCUT2D eigenvalue weighted by atomic mass is 15.3. The maximum absolute atomic E-state index is 6.33. The molecule has 1 aromatic heterocycles. The fourth-order valence-corrected chi connectivity index (χ4v) is 2.12. The van der Waals surface area contributed by atoms with E-state index in [1.165, 1.54) is 0 Å². The number of nitrogens with two attached hydrogens (primary N) is 1. The molecule has 2 rings (SSSR count). The first-order valence-corrected chi connectivity index (χ1v) is 6.04. The first-order valence-electron chi connectivity index (χ1n) is 6.04. The summed E-state index contributed by atoms with van der Waals surface area (Å²) in [4.78, 5) is 0. The zero-order valence-electron chi connectivity index (χ0n) is 10.4. The topological polar surface area (TPSA) is 43.8 Å². The first-order chi connectivity index (χ1) is 8.22. The molecule has 0 saturated carbocycles. The van der Waals surface area contributed by atoms with Crippen LogP contribution in [0.1, 0.15) is 36.7 Å². The standard InChI is InChI=1S/C14H19N3/c1-3-13(17-10-9-11(2)16-17)14(15)12-7-5-4-6-8-12/h4-10,13-14H,3,15H2,1-2H3. The van der Waals surface area contributed by atoms with Crippen LogP contribution in [0.25, 0.3) is 0 Å². The van der Waals surface area contributed by atoms with Gasteiger partial charge in [0.25, 0.3) is 0 Å². The molecule has 0 aliphatic carbocycles. The molecular weight excluding hydrogens is 210 g/mol. The Labute approximate surface area is 102 Å². The molecule has 90 valence electrons. The van der Waals surface area contributed by atoms with E-state index in [0.717, 1.165) is 17.7 Å². The Bertz CT molecular complexity index is 461. The number of aromatic nitrogens is 2. The SMILES string of the molecule is CCC(C(N)c1ccccc1)n1ccc(C)n1. The molecule has 2 N–H and O–H groups in total. The summed E-state index contributed by atoms with van der Waals surface area (Å²) in [6.07, 6.45) is 2.98. The Morgan fingerprint density at radius 1 is 1.24 bits per heavy atom. The maximum atomic E-state index is 6.33. The second kappa shape index (κ2) is 5.15. The third kappa shape index (κ3) is 2.56. The predicted molar refractivity (Wildman–Crippen MR) is 69.7 cm³/mol. The number of aryl methyl sites for hydroxylation is 1. The monoisotopic (exact) mass is 229 g/mol. The fourth-order valence-electron chi connectivity index (χ4n) is 2.12. The molecule has 0 spiro atoms. The van der Waals surface area contributed by atoms with Crippen LogP contribution < -0.4 is 5.73 Å². The van der Waals surface area contributed by atoms with E-state index >= 15 is 0 Å². The molecule has 0 radical (unpaired) electrons. The van der Waals surface area contributed by atoms with Crippen molar-refractivity contribution in [3.63, 3.8) is 0 Å². The Morgan fingerprint density at radius 2 is 1.94 bits per heavy atom. The molecule has 2 atom stereocenters. The van der Waals surface area contributed by atoms with E-state index in [0.29, 0.717) is 0 Å². The highest BCUT2D eigenvalue weighted by Crippen LogP contribution is 2.26. The smallest absolute Gasteiger partial charge is 0.0709 e. The van der Waals surface area contributed by atoms with Gasteiger partial charge in [0.05, 0.1) is 17.8 Å². The molecule has 1 aromatic carbocycles. The second-order valence-electron chi connectivity index (χ2n) is 4.35. The van der Waals surface area contributed by atoms with Crippen molar-refractivity contribution in [3.05, 3.63) is 53.9 Å². The van der Waals surface area contributed by atoms with E-state index in [-0.39, 0.29) is 12.1 Å². The van der Waals surface area contributed by atoms with Crippen LogP contribution in [0.3, 0.4) is 0 Å². The molecular formula is C14H19N3. The number of nitrogens with zero attached hydrogens (tertiary/aromatic N) is 2. The van der Waals surface area contributed by atoms with Crippen molar-refractivity contribution in [2.75, 3.05) is 0 Å². The van der Waals surface area contributed by atoms with E-state index in [4.69, 9.17) is 5.73 Å². The van der Waals surface area contributed by atoms with Crippen LogP contribution in [0.4, 0.5) is 0 Å². The van der Waals surface area contributed by atoms with Gasteiger partial charge in [0.1, 0.15) is 0 Å². The van der Waals surface area contributed by atoms with Gasteiger partial charge in [-0.15, -0.1) is 0 Å². The van der Waals surface area contributed by atoms with Gasteiger partial charge >= 0.3 is 0 Å². The molecule has 0 bridgehead atoms. The van der Waals surface area contributed by atoms with Crippen LogP contribution in [0.2, 0.25) is 0 Å². The molecule has 0 saturated heterocycles. The first kappa shape index (κ1) is 11.9. The van der Waals surface area contributed by atoms with Crippen molar-refractivity contribution in [1.82, 2.24) is 9.78 Å². The molecule has 2 unspecified atom stereocenters. The van der Waals surface area contributed by atoms with Gasteiger partial charge < -0.3 is 5.73 Å². The van der Waals surface area contributed by atoms with Crippen LogP contribution in [0, 0.1) is 6.92 Å². The lowest BCUT2D eigenvalue weighted by atomic mass is 9.98. The predicted octanol–water partition coefficient (Wildman–Crippen LogP) is 2.84. The molecule has 0 aliphatic heterocycles. The Hall–Kier alpha value is -1.61. The van der Waals surface area contributed by atoms with Crippen LogP contribution in [0.5, 0.6) is 0 Å². The van der Waals surface area contributed by atoms with Crippen molar-refractivity contribution >= 4 is 0 Å². The summed E-state index contributed by atoms with van der Waals surface area (Å²) in [5.74, 6) is 0. The van der Waals surface area contributed by atoms with Crippen molar-refractivity contribution < 1.29 is 0 Å². The quantitative estimate of drug-likeness (QED) is 0.876. The van der Waals surface area contributed by atoms with E-state index in [1.54, 1.807) is 0 Å².